The van der Waals surface area contributed by atoms with Gasteiger partial charge in [-0.2, -0.15) is 0 Å². The van der Waals surface area contributed by atoms with Crippen LogP contribution in [0.3, 0.4) is 0 Å². The molecule has 1 aliphatic rings. The molecule has 7 heteroatoms. The summed E-state index contributed by atoms with van der Waals surface area (Å²) in [5.41, 5.74) is 0.287. The third kappa shape index (κ3) is 2.49. The maximum Gasteiger partial charge on any atom is 0.373 e. The summed E-state index contributed by atoms with van der Waals surface area (Å²) in [6.07, 6.45) is 1.23. The fraction of sp³-hybridized carbons (Fsp3) is 0.600. The molecule has 1 aliphatic heterocycles. The van der Waals surface area contributed by atoms with Crippen molar-refractivity contribution in [3.05, 3.63) is 17.3 Å². The zero-order valence-electron chi connectivity index (χ0n) is 9.34. The summed E-state index contributed by atoms with van der Waals surface area (Å²) in [4.78, 5) is 14.8. The maximum absolute atomic E-state index is 11.5. The van der Waals surface area contributed by atoms with Gasteiger partial charge in [0.15, 0.2) is 15.7 Å². The van der Waals surface area contributed by atoms with Gasteiger partial charge in [-0.25, -0.2) is 18.2 Å². The second-order valence-corrected chi connectivity index (χ2v) is 6.45. The average Bonchev–Trinajstić information content (AvgIpc) is 2.59. The normalized spacial score (nSPS) is 23.5. The predicted molar refractivity (Wildman–Crippen MR) is 58.8 cm³/mol. The maximum atomic E-state index is 11.5. The Labute approximate surface area is 98.6 Å². The highest BCUT2D eigenvalue weighted by molar-refractivity contribution is 7.91. The molecule has 2 rings (SSSR count). The van der Waals surface area contributed by atoms with E-state index >= 15 is 0 Å². The van der Waals surface area contributed by atoms with Crippen LogP contribution in [0.4, 0.5) is 0 Å². The number of aromatic nitrogens is 1. The van der Waals surface area contributed by atoms with E-state index in [4.69, 9.17) is 9.52 Å². The second-order valence-electron chi connectivity index (χ2n) is 4.23. The van der Waals surface area contributed by atoms with Crippen molar-refractivity contribution in [1.29, 1.82) is 0 Å². The summed E-state index contributed by atoms with van der Waals surface area (Å²) in [5, 5.41) is 8.83. The zero-order chi connectivity index (χ0) is 12.6. The van der Waals surface area contributed by atoms with E-state index in [9.17, 15) is 13.2 Å². The van der Waals surface area contributed by atoms with E-state index in [1.165, 1.54) is 6.92 Å². The molecule has 1 aromatic rings. The van der Waals surface area contributed by atoms with Crippen molar-refractivity contribution < 1.29 is 22.7 Å². The third-order valence-electron chi connectivity index (χ3n) is 2.82. The minimum absolute atomic E-state index is 0.00792. The summed E-state index contributed by atoms with van der Waals surface area (Å²) in [7, 11) is -3.05. The Hall–Kier alpha value is -1.37. The number of carboxylic acid groups (broad SMARTS) is 1. The van der Waals surface area contributed by atoms with Crippen molar-refractivity contribution in [3.63, 3.8) is 0 Å². The minimum atomic E-state index is -3.05. The van der Waals surface area contributed by atoms with Crippen LogP contribution in [0.5, 0.6) is 0 Å². The van der Waals surface area contributed by atoms with Crippen LogP contribution in [-0.4, -0.2) is 36.0 Å². The quantitative estimate of drug-likeness (QED) is 0.850. The van der Waals surface area contributed by atoms with E-state index in [1.807, 2.05) is 0 Å². The molecule has 17 heavy (non-hydrogen) atoms. The number of carboxylic acids is 1. The molecule has 0 spiro atoms. The fourth-order valence-corrected chi connectivity index (χ4v) is 3.70. The number of oxazole rings is 1. The van der Waals surface area contributed by atoms with Crippen LogP contribution in [0.15, 0.2) is 4.42 Å². The Bertz CT molecular complexity index is 545. The smallest absolute Gasteiger partial charge is 0.373 e. The Morgan fingerprint density at radius 1 is 1.53 bits per heavy atom. The van der Waals surface area contributed by atoms with Gasteiger partial charge in [0, 0.05) is 5.92 Å². The zero-order valence-corrected chi connectivity index (χ0v) is 10.2. The molecule has 94 valence electrons. The topological polar surface area (TPSA) is 97.5 Å². The summed E-state index contributed by atoms with van der Waals surface area (Å²) in [6.45, 7) is 1.54. The van der Waals surface area contributed by atoms with Crippen LogP contribution in [0.1, 0.15) is 40.9 Å². The number of hydrogen-bond acceptors (Lipinski definition) is 5. The van der Waals surface area contributed by atoms with Gasteiger partial charge in [0.05, 0.1) is 17.2 Å². The van der Waals surface area contributed by atoms with Crippen molar-refractivity contribution in [2.75, 3.05) is 11.5 Å². The highest BCUT2D eigenvalue weighted by atomic mass is 32.2. The Balaban J connectivity index is 2.29. The average molecular weight is 259 g/mol. The first kappa shape index (κ1) is 12.1. The lowest BCUT2D eigenvalue weighted by atomic mass is 10.1. The lowest BCUT2D eigenvalue weighted by Gasteiger charge is -2.18. The van der Waals surface area contributed by atoms with Gasteiger partial charge in [0.25, 0.3) is 0 Å². The monoisotopic (exact) mass is 259 g/mol. The third-order valence-corrected chi connectivity index (χ3v) is 4.64. The lowest BCUT2D eigenvalue weighted by molar-refractivity contribution is 0.0658. The highest BCUT2D eigenvalue weighted by Crippen LogP contribution is 2.28. The molecule has 1 N–H and O–H groups in total. The lowest BCUT2D eigenvalue weighted by Crippen LogP contribution is -2.23. The molecule has 0 radical (unpaired) electrons. The van der Waals surface area contributed by atoms with Crippen molar-refractivity contribution in [2.45, 2.75) is 25.7 Å². The molecule has 1 unspecified atom stereocenters. The molecule has 1 aromatic heterocycles. The standard InChI is InChI=1S/C10H13NO5S/c1-6-8(10(12)13)16-9(11-6)7-3-2-4-17(14,15)5-7/h7H,2-5H2,1H3,(H,12,13). The number of aromatic carboxylic acids is 1. The largest absolute Gasteiger partial charge is 0.475 e. The molecular formula is C10H13NO5S. The molecule has 6 nitrogen and oxygen atoms in total. The Morgan fingerprint density at radius 2 is 2.24 bits per heavy atom. The van der Waals surface area contributed by atoms with Gasteiger partial charge in [-0.1, -0.05) is 0 Å². The van der Waals surface area contributed by atoms with Crippen LogP contribution >= 0.6 is 0 Å². The van der Waals surface area contributed by atoms with Crippen LogP contribution in [0.2, 0.25) is 0 Å². The van der Waals surface area contributed by atoms with Crippen molar-refractivity contribution in [2.24, 2.45) is 0 Å². The summed E-state index contributed by atoms with van der Waals surface area (Å²) in [6, 6.07) is 0. The number of hydrogen-bond donors (Lipinski definition) is 1. The summed E-state index contributed by atoms with van der Waals surface area (Å²) >= 11 is 0. The predicted octanol–water partition coefficient (Wildman–Crippen LogP) is 0.973. The first-order valence-electron chi connectivity index (χ1n) is 5.30. The van der Waals surface area contributed by atoms with E-state index in [1.54, 1.807) is 0 Å². The van der Waals surface area contributed by atoms with Crippen molar-refractivity contribution in [3.8, 4) is 0 Å². The second kappa shape index (κ2) is 4.14. The van der Waals surface area contributed by atoms with E-state index in [0.717, 1.165) is 0 Å². The summed E-state index contributed by atoms with van der Waals surface area (Å²) < 4.78 is 28.1. The molecule has 0 aromatic carbocycles. The minimum Gasteiger partial charge on any atom is -0.475 e. The first-order chi connectivity index (χ1) is 7.89. The molecule has 0 saturated carbocycles. The van der Waals surface area contributed by atoms with Crippen LogP contribution in [-0.2, 0) is 9.84 Å². The van der Waals surface area contributed by atoms with Gasteiger partial charge in [0.1, 0.15) is 0 Å². The molecule has 1 atom stereocenters. The number of aryl methyl sites for hydroxylation is 1. The molecule has 0 bridgehead atoms. The molecule has 0 amide bonds. The Kier molecular flexibility index (Phi) is 2.94. The van der Waals surface area contributed by atoms with Crippen molar-refractivity contribution >= 4 is 15.8 Å². The van der Waals surface area contributed by atoms with E-state index in [-0.39, 0.29) is 34.8 Å². The van der Waals surface area contributed by atoms with Gasteiger partial charge >= 0.3 is 5.97 Å². The SMILES string of the molecule is Cc1nc(C2CCCS(=O)(=O)C2)oc1C(=O)O. The van der Waals surface area contributed by atoms with Crippen molar-refractivity contribution in [1.82, 2.24) is 4.98 Å². The van der Waals surface area contributed by atoms with Gasteiger partial charge in [-0.3, -0.25) is 0 Å². The van der Waals surface area contributed by atoms with E-state index < -0.39 is 15.8 Å². The molecule has 1 saturated heterocycles. The van der Waals surface area contributed by atoms with E-state index in [2.05, 4.69) is 4.98 Å². The van der Waals surface area contributed by atoms with Crippen LogP contribution < -0.4 is 0 Å². The fourth-order valence-electron chi connectivity index (χ4n) is 2.01. The van der Waals surface area contributed by atoms with Gasteiger partial charge in [0.2, 0.25) is 5.76 Å². The number of nitrogens with zero attached hydrogens (tertiary/aromatic N) is 1. The number of rotatable bonds is 2. The molecule has 0 aliphatic carbocycles. The molecule has 1 fully saturated rings. The number of carbonyl (C=O) groups is 1. The molecular weight excluding hydrogens is 246 g/mol. The van der Waals surface area contributed by atoms with Gasteiger partial charge in [-0.05, 0) is 19.8 Å². The van der Waals surface area contributed by atoms with Crippen LogP contribution in [0.25, 0.3) is 0 Å². The van der Waals surface area contributed by atoms with Crippen LogP contribution in [0, 0.1) is 6.92 Å². The van der Waals surface area contributed by atoms with Gasteiger partial charge < -0.3 is 9.52 Å². The first-order valence-corrected chi connectivity index (χ1v) is 7.12. The number of sulfone groups is 1. The highest BCUT2D eigenvalue weighted by Gasteiger charge is 2.30. The summed E-state index contributed by atoms with van der Waals surface area (Å²) in [5.74, 6) is -1.30. The Morgan fingerprint density at radius 3 is 2.76 bits per heavy atom. The molecule has 2 heterocycles. The van der Waals surface area contributed by atoms with E-state index in [0.29, 0.717) is 12.8 Å². The van der Waals surface area contributed by atoms with Gasteiger partial charge in [-0.15, -0.1) is 0 Å².